The molecule has 3 aromatic rings. The van der Waals surface area contributed by atoms with Crippen molar-refractivity contribution in [1.29, 1.82) is 0 Å². The van der Waals surface area contributed by atoms with Gasteiger partial charge in [-0.05, 0) is 43.0 Å². The van der Waals surface area contributed by atoms with Crippen molar-refractivity contribution in [3.63, 3.8) is 0 Å². The minimum atomic E-state index is -0.0581. The molecule has 3 heterocycles. The van der Waals surface area contributed by atoms with Crippen molar-refractivity contribution in [1.82, 2.24) is 14.5 Å². The number of amides is 1. The topological polar surface area (TPSA) is 68.3 Å². The lowest BCUT2D eigenvalue weighted by Crippen LogP contribution is -2.40. The van der Waals surface area contributed by atoms with Gasteiger partial charge in [0, 0.05) is 26.1 Å². The van der Waals surface area contributed by atoms with E-state index in [1.165, 1.54) is 6.26 Å². The number of aromatic nitrogens is 2. The van der Waals surface area contributed by atoms with Crippen molar-refractivity contribution < 1.29 is 9.21 Å². The summed E-state index contributed by atoms with van der Waals surface area (Å²) in [6.07, 6.45) is 3.98. The Bertz CT molecular complexity index is 999. The van der Waals surface area contributed by atoms with E-state index in [0.29, 0.717) is 36.7 Å². The highest BCUT2D eigenvalue weighted by atomic mass is 16.3. The maximum absolute atomic E-state index is 13.0. The molecule has 1 fully saturated rings. The van der Waals surface area contributed by atoms with Crippen LogP contribution in [0.15, 0.2) is 51.9 Å². The molecule has 0 atom stereocenters. The van der Waals surface area contributed by atoms with E-state index in [1.54, 1.807) is 12.1 Å². The number of benzene rings is 1. The van der Waals surface area contributed by atoms with E-state index in [4.69, 9.17) is 4.42 Å². The second kappa shape index (κ2) is 7.39. The summed E-state index contributed by atoms with van der Waals surface area (Å²) in [4.78, 5) is 31.9. The molecule has 1 amide bonds. The quantitative estimate of drug-likeness (QED) is 0.712. The summed E-state index contributed by atoms with van der Waals surface area (Å²) < 4.78 is 7.04. The van der Waals surface area contributed by atoms with E-state index < -0.39 is 0 Å². The Morgan fingerprint density at radius 1 is 1.19 bits per heavy atom. The Kier molecular flexibility index (Phi) is 4.79. The number of likely N-dealkylation sites (tertiary alicyclic amines) is 1. The number of rotatable bonds is 4. The van der Waals surface area contributed by atoms with Gasteiger partial charge >= 0.3 is 0 Å². The summed E-state index contributed by atoms with van der Waals surface area (Å²) in [6, 6.07) is 10.9. The number of nitrogens with zero attached hydrogens (tertiary/aromatic N) is 3. The Balaban J connectivity index is 1.50. The van der Waals surface area contributed by atoms with Crippen molar-refractivity contribution in [3.05, 3.63) is 64.6 Å². The number of hydrogen-bond acceptors (Lipinski definition) is 4. The summed E-state index contributed by atoms with van der Waals surface area (Å²) in [7, 11) is 0. The van der Waals surface area contributed by atoms with Gasteiger partial charge in [0.15, 0.2) is 5.76 Å². The first-order chi connectivity index (χ1) is 13.2. The van der Waals surface area contributed by atoms with Gasteiger partial charge in [0.05, 0.1) is 17.2 Å². The van der Waals surface area contributed by atoms with Gasteiger partial charge < -0.3 is 9.32 Å². The van der Waals surface area contributed by atoms with Gasteiger partial charge in [-0.1, -0.05) is 19.1 Å². The van der Waals surface area contributed by atoms with Gasteiger partial charge in [0.25, 0.3) is 11.5 Å². The van der Waals surface area contributed by atoms with Crippen molar-refractivity contribution in [3.8, 4) is 0 Å². The third-order valence-electron chi connectivity index (χ3n) is 5.33. The van der Waals surface area contributed by atoms with Gasteiger partial charge in [0.1, 0.15) is 5.82 Å². The number of aryl methyl sites for hydroxylation is 1. The first-order valence-electron chi connectivity index (χ1n) is 9.48. The van der Waals surface area contributed by atoms with Crippen LogP contribution in [0.25, 0.3) is 10.9 Å². The second-order valence-electron chi connectivity index (χ2n) is 7.03. The van der Waals surface area contributed by atoms with Crippen LogP contribution >= 0.6 is 0 Å². The summed E-state index contributed by atoms with van der Waals surface area (Å²) in [5, 5.41) is 0.667. The highest BCUT2D eigenvalue weighted by Crippen LogP contribution is 2.21. The first-order valence-corrected chi connectivity index (χ1v) is 9.48. The highest BCUT2D eigenvalue weighted by Gasteiger charge is 2.26. The van der Waals surface area contributed by atoms with Gasteiger partial charge in [-0.25, -0.2) is 4.98 Å². The van der Waals surface area contributed by atoms with Crippen LogP contribution in [0.4, 0.5) is 0 Å². The van der Waals surface area contributed by atoms with Crippen LogP contribution in [0.1, 0.15) is 36.1 Å². The van der Waals surface area contributed by atoms with Gasteiger partial charge in [-0.15, -0.1) is 0 Å². The van der Waals surface area contributed by atoms with Crippen LogP contribution in [0.5, 0.6) is 0 Å². The van der Waals surface area contributed by atoms with Gasteiger partial charge in [-0.3, -0.25) is 14.2 Å². The maximum Gasteiger partial charge on any atom is 0.289 e. The number of furan rings is 1. The first kappa shape index (κ1) is 17.5. The summed E-state index contributed by atoms with van der Waals surface area (Å²) in [5.74, 6) is 1.51. The summed E-state index contributed by atoms with van der Waals surface area (Å²) in [6.45, 7) is 4.04. The molecule has 0 spiro atoms. The third-order valence-corrected chi connectivity index (χ3v) is 5.33. The zero-order valence-corrected chi connectivity index (χ0v) is 15.4. The zero-order valence-electron chi connectivity index (χ0n) is 15.4. The molecule has 27 heavy (non-hydrogen) atoms. The SMILES string of the molecule is CCc1nc2ccccc2c(=O)n1CC1CCN(C(=O)c2ccco2)CC1. The number of piperidine rings is 1. The molecule has 2 aromatic heterocycles. The highest BCUT2D eigenvalue weighted by molar-refractivity contribution is 5.91. The van der Waals surface area contributed by atoms with E-state index >= 15 is 0 Å². The number of carbonyl (C=O) groups is 1. The van der Waals surface area contributed by atoms with E-state index in [2.05, 4.69) is 4.98 Å². The van der Waals surface area contributed by atoms with Gasteiger partial charge in [0.2, 0.25) is 0 Å². The van der Waals surface area contributed by atoms with Crippen molar-refractivity contribution in [2.75, 3.05) is 13.1 Å². The molecule has 0 saturated carbocycles. The van der Waals surface area contributed by atoms with E-state index in [9.17, 15) is 9.59 Å². The maximum atomic E-state index is 13.0. The fourth-order valence-electron chi connectivity index (χ4n) is 3.81. The Morgan fingerprint density at radius 3 is 2.67 bits per heavy atom. The van der Waals surface area contributed by atoms with E-state index in [-0.39, 0.29) is 11.5 Å². The van der Waals surface area contributed by atoms with Crippen molar-refractivity contribution in [2.45, 2.75) is 32.7 Å². The summed E-state index contributed by atoms with van der Waals surface area (Å²) in [5.41, 5.74) is 0.793. The average molecular weight is 365 g/mol. The molecule has 1 aliphatic heterocycles. The second-order valence-corrected chi connectivity index (χ2v) is 7.03. The molecular weight excluding hydrogens is 342 g/mol. The van der Waals surface area contributed by atoms with Crippen LogP contribution in [-0.4, -0.2) is 33.4 Å². The lowest BCUT2D eigenvalue weighted by molar-refractivity contribution is 0.0650. The predicted octanol–water partition coefficient (Wildman–Crippen LogP) is 3.10. The molecule has 1 aromatic carbocycles. The lowest BCUT2D eigenvalue weighted by Gasteiger charge is -2.32. The smallest absolute Gasteiger partial charge is 0.289 e. The minimum Gasteiger partial charge on any atom is -0.459 e. The molecule has 6 heteroatoms. The molecule has 0 radical (unpaired) electrons. The van der Waals surface area contributed by atoms with Crippen LogP contribution in [0, 0.1) is 5.92 Å². The molecule has 0 N–H and O–H groups in total. The van der Waals surface area contributed by atoms with Crippen LogP contribution in [-0.2, 0) is 13.0 Å². The van der Waals surface area contributed by atoms with E-state index in [0.717, 1.165) is 30.6 Å². The Hall–Kier alpha value is -2.89. The number of carbonyl (C=O) groups excluding carboxylic acids is 1. The predicted molar refractivity (Wildman–Crippen MR) is 103 cm³/mol. The van der Waals surface area contributed by atoms with Crippen LogP contribution in [0.3, 0.4) is 0 Å². The molecule has 4 rings (SSSR count). The third kappa shape index (κ3) is 3.39. The monoisotopic (exact) mass is 365 g/mol. The molecule has 0 unspecified atom stereocenters. The summed E-state index contributed by atoms with van der Waals surface area (Å²) >= 11 is 0. The Labute approximate surface area is 157 Å². The zero-order chi connectivity index (χ0) is 18.8. The standard InChI is InChI=1S/C21H23N3O3/c1-2-19-22-17-7-4-3-6-16(17)20(25)24(19)14-15-9-11-23(12-10-15)21(26)18-8-5-13-27-18/h3-8,13,15H,2,9-12,14H2,1H3. The lowest BCUT2D eigenvalue weighted by atomic mass is 9.96. The van der Waals surface area contributed by atoms with Gasteiger partial charge in [-0.2, -0.15) is 0 Å². The number of hydrogen-bond donors (Lipinski definition) is 0. The van der Waals surface area contributed by atoms with Crippen LogP contribution in [0.2, 0.25) is 0 Å². The van der Waals surface area contributed by atoms with Crippen molar-refractivity contribution >= 4 is 16.8 Å². The Morgan fingerprint density at radius 2 is 1.96 bits per heavy atom. The molecule has 1 saturated heterocycles. The molecule has 1 aliphatic rings. The van der Waals surface area contributed by atoms with E-state index in [1.807, 2.05) is 40.7 Å². The average Bonchev–Trinajstić information content (AvgIpc) is 3.25. The number of para-hydroxylation sites is 1. The largest absolute Gasteiger partial charge is 0.459 e. The molecule has 6 nitrogen and oxygen atoms in total. The van der Waals surface area contributed by atoms with Crippen molar-refractivity contribution in [2.24, 2.45) is 5.92 Å². The molecular formula is C21H23N3O3. The normalized spacial score (nSPS) is 15.4. The molecule has 0 aliphatic carbocycles. The minimum absolute atomic E-state index is 0.0338. The fraction of sp³-hybridized carbons (Fsp3) is 0.381. The fourth-order valence-corrected chi connectivity index (χ4v) is 3.81. The molecule has 140 valence electrons. The molecule has 0 bridgehead atoms. The number of fused-ring (bicyclic) bond motifs is 1. The van der Waals surface area contributed by atoms with Crippen LogP contribution < -0.4 is 5.56 Å².